The number of carbonyl (C=O) groups excluding carboxylic acids is 2. The van der Waals surface area contributed by atoms with E-state index in [1.807, 2.05) is 6.92 Å². The molecule has 0 aromatic rings. The lowest BCUT2D eigenvalue weighted by Crippen LogP contribution is -2.44. The van der Waals surface area contributed by atoms with Crippen LogP contribution in [0.25, 0.3) is 0 Å². The van der Waals surface area contributed by atoms with E-state index >= 15 is 0 Å². The second-order valence-electron chi connectivity index (χ2n) is 3.72. The highest BCUT2D eigenvalue weighted by atomic mass is 16.7. The van der Waals surface area contributed by atoms with Crippen molar-refractivity contribution in [1.82, 2.24) is 0 Å². The third-order valence-corrected chi connectivity index (χ3v) is 2.17. The molecule has 0 radical (unpaired) electrons. The molecule has 1 heterocycles. The predicted octanol–water partition coefficient (Wildman–Crippen LogP) is 0.739. The minimum Gasteiger partial charge on any atom is -0.463 e. The molecule has 0 aromatic heterocycles. The number of ether oxygens (including phenoxy) is 4. The Bertz CT molecular complexity index is 252. The Kier molecular flexibility index (Phi) is 4.54. The first-order chi connectivity index (χ1) is 7.58. The van der Waals surface area contributed by atoms with E-state index in [1.165, 1.54) is 0 Å². The van der Waals surface area contributed by atoms with Gasteiger partial charge in [-0.3, -0.25) is 4.79 Å². The molecular formula is C10H16O6. The molecule has 0 bridgehead atoms. The Hall–Kier alpha value is -1.30. The van der Waals surface area contributed by atoms with Crippen LogP contribution in [0.15, 0.2) is 0 Å². The Balaban J connectivity index is 2.32. The van der Waals surface area contributed by atoms with Gasteiger partial charge in [0.2, 0.25) is 0 Å². The van der Waals surface area contributed by atoms with E-state index in [2.05, 4.69) is 9.47 Å². The molecule has 1 aliphatic rings. The van der Waals surface area contributed by atoms with Gasteiger partial charge in [-0.1, -0.05) is 0 Å². The highest BCUT2D eigenvalue weighted by molar-refractivity contribution is 5.78. The number of carbonyl (C=O) groups is 2. The predicted molar refractivity (Wildman–Crippen MR) is 52.9 cm³/mol. The van der Waals surface area contributed by atoms with Crippen LogP contribution in [0.5, 0.6) is 0 Å². The standard InChI is InChI=1S/C10H16O6/c1-3-13-4-5-14-8(11)10(2)6-15-9(12)16-7-10/h3-7H2,1-2H3. The molecule has 0 aromatic carbocycles. The molecule has 1 aliphatic heterocycles. The highest BCUT2D eigenvalue weighted by Crippen LogP contribution is 2.23. The summed E-state index contributed by atoms with van der Waals surface area (Å²) in [5, 5.41) is 0. The van der Waals surface area contributed by atoms with Crippen LogP contribution < -0.4 is 0 Å². The quantitative estimate of drug-likeness (QED) is 0.514. The van der Waals surface area contributed by atoms with Gasteiger partial charge >= 0.3 is 12.1 Å². The van der Waals surface area contributed by atoms with Crippen LogP contribution in [0.4, 0.5) is 4.79 Å². The summed E-state index contributed by atoms with van der Waals surface area (Å²) >= 11 is 0. The molecule has 0 unspecified atom stereocenters. The van der Waals surface area contributed by atoms with Crippen LogP contribution in [0.3, 0.4) is 0 Å². The van der Waals surface area contributed by atoms with Gasteiger partial charge in [0.25, 0.3) is 0 Å². The van der Waals surface area contributed by atoms with Crippen molar-refractivity contribution in [2.75, 3.05) is 33.0 Å². The van der Waals surface area contributed by atoms with Crippen molar-refractivity contribution in [2.24, 2.45) is 5.41 Å². The van der Waals surface area contributed by atoms with Crippen LogP contribution in [-0.2, 0) is 23.7 Å². The Labute approximate surface area is 93.8 Å². The van der Waals surface area contributed by atoms with Gasteiger partial charge in [0.05, 0.1) is 6.61 Å². The molecular weight excluding hydrogens is 216 g/mol. The van der Waals surface area contributed by atoms with Crippen LogP contribution in [0.2, 0.25) is 0 Å². The molecule has 6 nitrogen and oxygen atoms in total. The van der Waals surface area contributed by atoms with Crippen LogP contribution in [-0.4, -0.2) is 45.2 Å². The average Bonchev–Trinajstić information content (AvgIpc) is 2.28. The van der Waals surface area contributed by atoms with Gasteiger partial charge in [-0.05, 0) is 13.8 Å². The van der Waals surface area contributed by atoms with Gasteiger partial charge < -0.3 is 18.9 Å². The van der Waals surface area contributed by atoms with E-state index in [9.17, 15) is 9.59 Å². The first-order valence-corrected chi connectivity index (χ1v) is 5.13. The van der Waals surface area contributed by atoms with Gasteiger partial charge in [0.1, 0.15) is 25.2 Å². The smallest absolute Gasteiger partial charge is 0.463 e. The van der Waals surface area contributed by atoms with Crippen LogP contribution >= 0.6 is 0 Å². The monoisotopic (exact) mass is 232 g/mol. The summed E-state index contributed by atoms with van der Waals surface area (Å²) in [7, 11) is 0. The third-order valence-electron chi connectivity index (χ3n) is 2.17. The molecule has 0 spiro atoms. The zero-order valence-electron chi connectivity index (χ0n) is 9.49. The van der Waals surface area contributed by atoms with Crippen molar-refractivity contribution in [2.45, 2.75) is 13.8 Å². The maximum absolute atomic E-state index is 11.6. The molecule has 16 heavy (non-hydrogen) atoms. The lowest BCUT2D eigenvalue weighted by Gasteiger charge is -2.29. The van der Waals surface area contributed by atoms with E-state index in [4.69, 9.17) is 9.47 Å². The van der Waals surface area contributed by atoms with Crippen molar-refractivity contribution >= 4 is 12.1 Å². The number of rotatable bonds is 5. The zero-order chi connectivity index (χ0) is 12.0. The number of esters is 1. The molecule has 1 saturated heterocycles. The Morgan fingerprint density at radius 3 is 2.56 bits per heavy atom. The molecule has 0 aliphatic carbocycles. The first kappa shape index (κ1) is 12.8. The van der Waals surface area contributed by atoms with Crippen molar-refractivity contribution in [3.8, 4) is 0 Å². The van der Waals surface area contributed by atoms with E-state index in [0.717, 1.165) is 0 Å². The zero-order valence-corrected chi connectivity index (χ0v) is 9.49. The van der Waals surface area contributed by atoms with Gasteiger partial charge in [-0.2, -0.15) is 0 Å². The minimum atomic E-state index is -0.917. The summed E-state index contributed by atoms with van der Waals surface area (Å²) in [5.41, 5.74) is -0.917. The second kappa shape index (κ2) is 5.69. The van der Waals surface area contributed by atoms with Gasteiger partial charge in [0.15, 0.2) is 0 Å². The van der Waals surface area contributed by atoms with Crippen molar-refractivity contribution < 1.29 is 28.5 Å². The SMILES string of the molecule is CCOCCOC(=O)C1(C)COC(=O)OC1. The van der Waals surface area contributed by atoms with E-state index in [1.54, 1.807) is 6.92 Å². The molecule has 0 saturated carbocycles. The van der Waals surface area contributed by atoms with Crippen molar-refractivity contribution in [3.05, 3.63) is 0 Å². The van der Waals surface area contributed by atoms with Gasteiger partial charge in [-0.15, -0.1) is 0 Å². The summed E-state index contributed by atoms with van der Waals surface area (Å²) < 4.78 is 19.3. The van der Waals surface area contributed by atoms with Crippen LogP contribution in [0, 0.1) is 5.41 Å². The summed E-state index contributed by atoms with van der Waals surface area (Å²) in [6.45, 7) is 4.59. The maximum Gasteiger partial charge on any atom is 0.508 e. The number of hydrogen-bond acceptors (Lipinski definition) is 6. The largest absolute Gasteiger partial charge is 0.508 e. The third kappa shape index (κ3) is 3.37. The lowest BCUT2D eigenvalue weighted by atomic mass is 9.93. The number of cyclic esters (lactones) is 2. The Morgan fingerprint density at radius 1 is 1.38 bits per heavy atom. The van der Waals surface area contributed by atoms with E-state index in [0.29, 0.717) is 13.2 Å². The summed E-state index contributed by atoms with van der Waals surface area (Å²) in [5.74, 6) is -0.445. The summed E-state index contributed by atoms with van der Waals surface area (Å²) in [6, 6.07) is 0. The molecule has 6 heteroatoms. The molecule has 0 N–H and O–H groups in total. The average molecular weight is 232 g/mol. The van der Waals surface area contributed by atoms with Gasteiger partial charge in [-0.25, -0.2) is 4.79 Å². The van der Waals surface area contributed by atoms with E-state index in [-0.39, 0.29) is 19.8 Å². The van der Waals surface area contributed by atoms with Crippen LogP contribution in [0.1, 0.15) is 13.8 Å². The first-order valence-electron chi connectivity index (χ1n) is 5.13. The summed E-state index contributed by atoms with van der Waals surface area (Å²) in [6.07, 6.45) is -0.750. The Morgan fingerprint density at radius 2 is 2.00 bits per heavy atom. The summed E-state index contributed by atoms with van der Waals surface area (Å²) in [4.78, 5) is 22.3. The fraction of sp³-hybridized carbons (Fsp3) is 0.800. The minimum absolute atomic E-state index is 0.0146. The normalized spacial score (nSPS) is 18.5. The van der Waals surface area contributed by atoms with Crippen molar-refractivity contribution in [1.29, 1.82) is 0 Å². The highest BCUT2D eigenvalue weighted by Gasteiger charge is 2.41. The molecule has 0 amide bonds. The lowest BCUT2D eigenvalue weighted by molar-refractivity contribution is -0.167. The fourth-order valence-corrected chi connectivity index (χ4v) is 1.15. The van der Waals surface area contributed by atoms with Crippen molar-refractivity contribution in [3.63, 3.8) is 0 Å². The van der Waals surface area contributed by atoms with E-state index < -0.39 is 17.5 Å². The molecule has 92 valence electrons. The number of hydrogen-bond donors (Lipinski definition) is 0. The maximum atomic E-state index is 11.6. The fourth-order valence-electron chi connectivity index (χ4n) is 1.15. The second-order valence-corrected chi connectivity index (χ2v) is 3.72. The molecule has 1 fully saturated rings. The topological polar surface area (TPSA) is 71.1 Å². The molecule has 1 rings (SSSR count). The van der Waals surface area contributed by atoms with Gasteiger partial charge in [0, 0.05) is 6.61 Å². The molecule has 0 atom stereocenters.